The first kappa shape index (κ1) is 32.8. The van der Waals surface area contributed by atoms with Gasteiger partial charge >= 0.3 is 0 Å². The number of nitriles is 1. The fraction of sp³-hybridized carbons (Fsp3) is 0.433. The van der Waals surface area contributed by atoms with Crippen LogP contribution in [-0.2, 0) is 0 Å². The van der Waals surface area contributed by atoms with Crippen molar-refractivity contribution in [1.29, 1.82) is 5.26 Å². The molecule has 0 atom stereocenters. The Hall–Kier alpha value is -4.21. The molecule has 0 bridgehead atoms. The molecule has 39 heavy (non-hydrogen) atoms. The number of ether oxygens (including phenoxy) is 3. The summed E-state index contributed by atoms with van der Waals surface area (Å²) in [7, 11) is 3.76. The Balaban J connectivity index is 0.000000839. The van der Waals surface area contributed by atoms with Gasteiger partial charge in [0.15, 0.2) is 11.5 Å². The zero-order valence-corrected chi connectivity index (χ0v) is 24.2. The van der Waals surface area contributed by atoms with Crippen molar-refractivity contribution in [3.63, 3.8) is 0 Å². The Bertz CT molecular complexity index is 1130. The van der Waals surface area contributed by atoms with Gasteiger partial charge in [-0.15, -0.1) is 0 Å². The van der Waals surface area contributed by atoms with Gasteiger partial charge in [-0.05, 0) is 52.9 Å². The van der Waals surface area contributed by atoms with Gasteiger partial charge in [0.2, 0.25) is 5.88 Å². The third kappa shape index (κ3) is 11.4. The van der Waals surface area contributed by atoms with Gasteiger partial charge in [-0.3, -0.25) is 4.99 Å². The van der Waals surface area contributed by atoms with Gasteiger partial charge in [-0.25, -0.2) is 0 Å². The van der Waals surface area contributed by atoms with Crippen LogP contribution in [0.25, 0.3) is 0 Å². The van der Waals surface area contributed by atoms with Crippen molar-refractivity contribution in [1.82, 2.24) is 15.5 Å². The Morgan fingerprint density at radius 3 is 2.56 bits per heavy atom. The van der Waals surface area contributed by atoms with Gasteiger partial charge in [0.1, 0.15) is 23.9 Å². The van der Waals surface area contributed by atoms with E-state index in [0.29, 0.717) is 35.4 Å². The number of nitrogens with one attached hydrogen (secondary N) is 2. The first-order valence-corrected chi connectivity index (χ1v) is 13.1. The van der Waals surface area contributed by atoms with Crippen molar-refractivity contribution in [2.75, 3.05) is 33.8 Å². The van der Waals surface area contributed by atoms with Crippen molar-refractivity contribution in [2.24, 2.45) is 9.98 Å². The lowest BCUT2D eigenvalue weighted by Gasteiger charge is -2.29. The van der Waals surface area contributed by atoms with E-state index in [1.165, 1.54) is 6.34 Å². The van der Waals surface area contributed by atoms with Crippen LogP contribution in [0.1, 0.15) is 53.0 Å². The molecular formula is C30H42N6O3. The average molecular weight is 535 g/mol. The van der Waals surface area contributed by atoms with Crippen molar-refractivity contribution in [3.05, 3.63) is 53.2 Å². The monoisotopic (exact) mass is 534 g/mol. The van der Waals surface area contributed by atoms with E-state index in [2.05, 4.69) is 38.6 Å². The summed E-state index contributed by atoms with van der Waals surface area (Å²) in [6.45, 7) is 12.0. The van der Waals surface area contributed by atoms with Gasteiger partial charge < -0.3 is 29.7 Å². The second-order valence-corrected chi connectivity index (χ2v) is 8.29. The summed E-state index contributed by atoms with van der Waals surface area (Å²) in [6.07, 6.45) is 15.9. The summed E-state index contributed by atoms with van der Waals surface area (Å²) in [6, 6.07) is 7.90. The fourth-order valence-corrected chi connectivity index (χ4v) is 3.36. The summed E-state index contributed by atoms with van der Waals surface area (Å²) >= 11 is 0. The molecule has 3 rings (SSSR count). The molecule has 0 spiro atoms. The molecule has 0 saturated carbocycles. The van der Waals surface area contributed by atoms with E-state index in [-0.39, 0.29) is 6.10 Å². The van der Waals surface area contributed by atoms with Crippen LogP contribution in [0.5, 0.6) is 17.2 Å². The van der Waals surface area contributed by atoms with Crippen molar-refractivity contribution < 1.29 is 14.2 Å². The van der Waals surface area contributed by atoms with Crippen molar-refractivity contribution in [3.8, 4) is 35.8 Å². The zero-order chi connectivity index (χ0) is 29.0. The zero-order valence-electron chi connectivity index (χ0n) is 24.2. The molecule has 1 saturated heterocycles. The van der Waals surface area contributed by atoms with E-state index < -0.39 is 0 Å². The topological polar surface area (TPSA) is 104 Å². The maximum atomic E-state index is 8.02. The third-order valence-corrected chi connectivity index (χ3v) is 5.59. The molecule has 1 aromatic rings. The molecule has 0 amide bonds. The van der Waals surface area contributed by atoms with Crippen LogP contribution in [0.2, 0.25) is 0 Å². The quantitative estimate of drug-likeness (QED) is 0.210. The molecule has 0 aliphatic carbocycles. The molecule has 2 aliphatic heterocycles. The normalized spacial score (nSPS) is 15.5. The molecule has 0 unspecified atom stereocenters. The molecule has 1 fully saturated rings. The summed E-state index contributed by atoms with van der Waals surface area (Å²) in [5.41, 5.74) is 2.21. The van der Waals surface area contributed by atoms with E-state index in [0.717, 1.165) is 37.1 Å². The summed E-state index contributed by atoms with van der Waals surface area (Å²) < 4.78 is 18.0. The molecule has 0 radical (unpaired) electrons. The lowest BCUT2D eigenvalue weighted by atomic mass is 10.1. The third-order valence-electron chi connectivity index (χ3n) is 5.59. The standard InChI is InChI=1S/C23H29N5O3.C5H7N.C2H6/c1-5-9-25-15-19-23(27-16-24-6-2)31-20-13-22(21(29-4)12-17(20)14-26-19)30-18-7-10-28(3)11-8-18;1-3-5(2)4-6;1-2/h2,5,9,12-14,16,18,25H,7-8,10-11,15H2,1,3-4H3,(H,24,27);3H,1-2H3;1-2H3/b9-5+;5-3+;. The molecular weight excluding hydrogens is 492 g/mol. The van der Waals surface area contributed by atoms with Gasteiger partial charge in [-0.1, -0.05) is 32.4 Å². The van der Waals surface area contributed by atoms with Crippen LogP contribution in [0, 0.1) is 23.8 Å². The number of fused-ring (bicyclic) bond motifs is 1. The van der Waals surface area contributed by atoms with Crippen LogP contribution in [0.4, 0.5) is 0 Å². The van der Waals surface area contributed by atoms with E-state index in [9.17, 15) is 0 Å². The predicted molar refractivity (Wildman–Crippen MR) is 159 cm³/mol. The van der Waals surface area contributed by atoms with E-state index >= 15 is 0 Å². The molecule has 9 heteroatoms. The number of likely N-dealkylation sites (tertiary alicyclic amines) is 1. The summed E-state index contributed by atoms with van der Waals surface area (Å²) in [4.78, 5) is 10.6. The number of benzene rings is 1. The Morgan fingerprint density at radius 2 is 2.00 bits per heavy atom. The number of nitrogens with zero attached hydrogens (tertiary/aromatic N) is 4. The lowest BCUT2D eigenvalue weighted by molar-refractivity contribution is 0.111. The Morgan fingerprint density at radius 1 is 1.28 bits per heavy atom. The lowest BCUT2D eigenvalue weighted by Crippen LogP contribution is -2.35. The Kier molecular flexibility index (Phi) is 15.9. The van der Waals surface area contributed by atoms with Crippen LogP contribution in [0.3, 0.4) is 0 Å². The van der Waals surface area contributed by atoms with Gasteiger partial charge in [0.25, 0.3) is 0 Å². The Labute approximate surface area is 234 Å². The second kappa shape index (κ2) is 18.9. The minimum Gasteiger partial charge on any atom is -0.493 e. The van der Waals surface area contributed by atoms with E-state index in [1.54, 1.807) is 26.3 Å². The highest BCUT2D eigenvalue weighted by molar-refractivity contribution is 5.86. The fourth-order valence-electron chi connectivity index (χ4n) is 3.36. The number of hydrogen-bond acceptors (Lipinski definition) is 8. The van der Waals surface area contributed by atoms with Gasteiger partial charge in [-0.2, -0.15) is 10.3 Å². The van der Waals surface area contributed by atoms with Crippen molar-refractivity contribution in [2.45, 2.75) is 53.6 Å². The van der Waals surface area contributed by atoms with E-state index in [4.69, 9.17) is 25.9 Å². The molecule has 1 aromatic carbocycles. The summed E-state index contributed by atoms with van der Waals surface area (Å²) in [5, 5.41) is 14.2. The molecule has 2 aliphatic rings. The maximum Gasteiger partial charge on any atom is 0.222 e. The molecule has 2 heterocycles. The van der Waals surface area contributed by atoms with Crippen LogP contribution >= 0.6 is 0 Å². The highest BCUT2D eigenvalue weighted by Crippen LogP contribution is 2.37. The molecule has 0 aromatic heterocycles. The maximum absolute atomic E-state index is 8.02. The first-order valence-electron chi connectivity index (χ1n) is 13.1. The average Bonchev–Trinajstić information content (AvgIpc) is 3.13. The highest BCUT2D eigenvalue weighted by Gasteiger charge is 2.22. The SMILES string of the molecule is C#CN=CNC1=C(CN/C=C/C)N=Cc2cc(OC)c(OC3CCN(C)CC3)cc2O1.C/C=C(\C)C#N.CC. The minimum atomic E-state index is 0.138. The van der Waals surface area contributed by atoms with Crippen LogP contribution in [-0.4, -0.2) is 57.3 Å². The highest BCUT2D eigenvalue weighted by atomic mass is 16.5. The second-order valence-electron chi connectivity index (χ2n) is 8.29. The number of terminal acetylenes is 1. The number of allylic oxidation sites excluding steroid dienone is 3. The first-order chi connectivity index (χ1) is 18.9. The number of hydrogen-bond donors (Lipinski definition) is 2. The molecule has 210 valence electrons. The molecule has 9 nitrogen and oxygen atoms in total. The van der Waals surface area contributed by atoms with E-state index in [1.807, 2.05) is 58.2 Å². The largest absolute Gasteiger partial charge is 0.493 e. The summed E-state index contributed by atoms with van der Waals surface area (Å²) in [5.74, 6) is 2.33. The molecule has 2 N–H and O–H groups in total. The number of rotatable bonds is 8. The van der Waals surface area contributed by atoms with Crippen molar-refractivity contribution >= 4 is 12.6 Å². The minimum absolute atomic E-state index is 0.138. The van der Waals surface area contributed by atoms with Gasteiger partial charge in [0, 0.05) is 42.6 Å². The smallest absolute Gasteiger partial charge is 0.222 e. The van der Waals surface area contributed by atoms with Crippen LogP contribution < -0.4 is 24.8 Å². The number of aliphatic imine (C=N–C) groups is 2. The van der Waals surface area contributed by atoms with Gasteiger partial charge in [0.05, 0.1) is 19.7 Å². The number of methoxy groups -OCH3 is 1. The number of piperidine rings is 1. The predicted octanol–water partition coefficient (Wildman–Crippen LogP) is 4.98. The van der Waals surface area contributed by atoms with Crippen LogP contribution in [0.15, 0.2) is 57.6 Å².